The fourth-order valence-corrected chi connectivity index (χ4v) is 5.20. The molecule has 7 nitrogen and oxygen atoms in total. The maximum atomic E-state index is 13.3. The van der Waals surface area contributed by atoms with Gasteiger partial charge in [-0.15, -0.1) is 0 Å². The van der Waals surface area contributed by atoms with E-state index in [0.717, 1.165) is 43.1 Å². The van der Waals surface area contributed by atoms with Gasteiger partial charge < -0.3 is 25.8 Å². The summed E-state index contributed by atoms with van der Waals surface area (Å²) in [7, 11) is 2.15. The number of anilines is 4. The average Bonchev–Trinajstić information content (AvgIpc) is 3.33. The van der Waals surface area contributed by atoms with Gasteiger partial charge >= 0.3 is 0 Å². The Morgan fingerprint density at radius 3 is 2.37 bits per heavy atom. The van der Waals surface area contributed by atoms with Crippen LogP contribution in [-0.2, 0) is 11.3 Å². The van der Waals surface area contributed by atoms with Crippen LogP contribution in [0.15, 0.2) is 103 Å². The van der Waals surface area contributed by atoms with Crippen molar-refractivity contribution in [3.05, 3.63) is 126 Å². The van der Waals surface area contributed by atoms with Crippen molar-refractivity contribution in [1.29, 1.82) is 0 Å². The van der Waals surface area contributed by atoms with Crippen LogP contribution in [0.1, 0.15) is 27.0 Å². The fraction of sp³-hybridized carbons (Fsp3) is 0.176. The Bertz CT molecular complexity index is 1590. The third kappa shape index (κ3) is 6.00. The topological polar surface area (TPSA) is 76.7 Å². The van der Waals surface area contributed by atoms with E-state index in [0.29, 0.717) is 28.9 Å². The second-order valence-corrected chi connectivity index (χ2v) is 10.5. The number of likely N-dealkylation sites (N-methyl/N-ethyl adjacent to an activating group) is 1. The van der Waals surface area contributed by atoms with Gasteiger partial charge in [0, 0.05) is 78.4 Å². The normalized spacial score (nSPS) is 15.9. The SMILES string of the molecule is CN1CCN(c2ccc(N/C=C3/C(=O)Nc4cc(C(=O)c5cccc(NCc6ccccc6)c5)ccc43)cc2)CC1. The predicted octanol–water partition coefficient (Wildman–Crippen LogP) is 5.69. The predicted molar refractivity (Wildman–Crippen MR) is 166 cm³/mol. The maximum Gasteiger partial charge on any atom is 0.257 e. The lowest BCUT2D eigenvalue weighted by Crippen LogP contribution is -2.44. The van der Waals surface area contributed by atoms with E-state index in [-0.39, 0.29) is 11.7 Å². The van der Waals surface area contributed by atoms with Crippen LogP contribution in [-0.4, -0.2) is 49.8 Å². The highest BCUT2D eigenvalue weighted by Crippen LogP contribution is 2.33. The lowest BCUT2D eigenvalue weighted by atomic mass is 9.99. The number of hydrogen-bond acceptors (Lipinski definition) is 6. The van der Waals surface area contributed by atoms with Gasteiger partial charge in [-0.1, -0.05) is 54.6 Å². The van der Waals surface area contributed by atoms with E-state index in [4.69, 9.17) is 0 Å². The molecule has 4 aromatic rings. The molecule has 1 saturated heterocycles. The average molecular weight is 544 g/mol. The van der Waals surface area contributed by atoms with Crippen molar-refractivity contribution in [3.8, 4) is 0 Å². The first-order chi connectivity index (χ1) is 20.0. The Morgan fingerprint density at radius 2 is 1.59 bits per heavy atom. The fourth-order valence-electron chi connectivity index (χ4n) is 5.20. The number of benzene rings is 4. The maximum absolute atomic E-state index is 13.3. The van der Waals surface area contributed by atoms with Crippen LogP contribution >= 0.6 is 0 Å². The van der Waals surface area contributed by atoms with Crippen molar-refractivity contribution in [2.75, 3.05) is 54.1 Å². The summed E-state index contributed by atoms with van der Waals surface area (Å²) >= 11 is 0. The van der Waals surface area contributed by atoms with E-state index < -0.39 is 0 Å². The highest BCUT2D eigenvalue weighted by molar-refractivity contribution is 6.32. The lowest BCUT2D eigenvalue weighted by Gasteiger charge is -2.34. The number of nitrogens with one attached hydrogen (secondary N) is 3. The molecule has 0 radical (unpaired) electrons. The molecule has 7 heteroatoms. The standard InChI is InChI=1S/C34H33N5O2/c1-38-16-18-39(19-17-38)29-13-11-27(12-14-29)36-23-31-30-15-10-26(21-32(30)37-34(31)41)33(40)25-8-5-9-28(20-25)35-22-24-6-3-2-4-7-24/h2-15,20-21,23,35-36H,16-19,22H2,1H3,(H,37,41)/b31-23+. The molecular weight excluding hydrogens is 510 g/mol. The van der Waals surface area contributed by atoms with Crippen LogP contribution in [0, 0.1) is 0 Å². The van der Waals surface area contributed by atoms with E-state index >= 15 is 0 Å². The van der Waals surface area contributed by atoms with Crippen LogP contribution in [0.5, 0.6) is 0 Å². The summed E-state index contributed by atoms with van der Waals surface area (Å²) in [5.41, 5.74) is 7.21. The first kappa shape index (κ1) is 26.3. The first-order valence-electron chi connectivity index (χ1n) is 13.9. The smallest absolute Gasteiger partial charge is 0.257 e. The monoisotopic (exact) mass is 543 g/mol. The Labute approximate surface area is 240 Å². The molecular formula is C34H33N5O2. The summed E-state index contributed by atoms with van der Waals surface area (Å²) in [6.07, 6.45) is 1.73. The molecule has 0 spiro atoms. The molecule has 2 heterocycles. The molecule has 1 amide bonds. The van der Waals surface area contributed by atoms with Gasteiger partial charge in [-0.2, -0.15) is 0 Å². The summed E-state index contributed by atoms with van der Waals surface area (Å²) in [5.74, 6) is -0.292. The van der Waals surface area contributed by atoms with Crippen LogP contribution in [0.3, 0.4) is 0 Å². The van der Waals surface area contributed by atoms with E-state index in [1.807, 2.05) is 60.7 Å². The minimum atomic E-state index is -0.196. The summed E-state index contributed by atoms with van der Waals surface area (Å²) in [4.78, 5) is 30.9. The van der Waals surface area contributed by atoms with Crippen molar-refractivity contribution in [2.24, 2.45) is 0 Å². The highest BCUT2D eigenvalue weighted by atomic mass is 16.2. The van der Waals surface area contributed by atoms with Gasteiger partial charge in [-0.25, -0.2) is 0 Å². The Balaban J connectivity index is 1.13. The zero-order chi connectivity index (χ0) is 28.2. The largest absolute Gasteiger partial charge is 0.381 e. The van der Waals surface area contributed by atoms with Crippen molar-refractivity contribution in [1.82, 2.24) is 4.90 Å². The summed E-state index contributed by atoms with van der Waals surface area (Å²) in [6, 6.07) is 31.3. The van der Waals surface area contributed by atoms with Crippen LogP contribution in [0.25, 0.3) is 5.57 Å². The minimum Gasteiger partial charge on any atom is -0.381 e. The Morgan fingerprint density at radius 1 is 0.829 bits per heavy atom. The van der Waals surface area contributed by atoms with Crippen LogP contribution in [0.4, 0.5) is 22.7 Å². The molecule has 41 heavy (non-hydrogen) atoms. The molecule has 0 bridgehead atoms. The highest BCUT2D eigenvalue weighted by Gasteiger charge is 2.25. The molecule has 206 valence electrons. The number of ketones is 1. The van der Waals surface area contributed by atoms with Crippen LogP contribution < -0.4 is 20.9 Å². The van der Waals surface area contributed by atoms with E-state index in [1.165, 1.54) is 11.3 Å². The van der Waals surface area contributed by atoms with E-state index in [9.17, 15) is 9.59 Å². The van der Waals surface area contributed by atoms with Gasteiger partial charge in [-0.3, -0.25) is 9.59 Å². The molecule has 0 atom stereocenters. The molecule has 0 aromatic heterocycles. The van der Waals surface area contributed by atoms with E-state index in [1.54, 1.807) is 18.3 Å². The van der Waals surface area contributed by atoms with Gasteiger partial charge in [0.2, 0.25) is 0 Å². The number of amides is 1. The number of hydrogen-bond donors (Lipinski definition) is 3. The minimum absolute atomic E-state index is 0.0959. The number of fused-ring (bicyclic) bond motifs is 1. The van der Waals surface area contributed by atoms with Crippen LogP contribution in [0.2, 0.25) is 0 Å². The van der Waals surface area contributed by atoms with Crippen molar-refractivity contribution in [3.63, 3.8) is 0 Å². The van der Waals surface area contributed by atoms with Gasteiger partial charge in [0.05, 0.1) is 5.57 Å². The third-order valence-corrected chi connectivity index (χ3v) is 7.65. The zero-order valence-electron chi connectivity index (χ0n) is 23.1. The molecule has 4 aromatic carbocycles. The van der Waals surface area contributed by atoms with Gasteiger partial charge in [0.25, 0.3) is 5.91 Å². The van der Waals surface area contributed by atoms with Crippen molar-refractivity contribution >= 4 is 40.0 Å². The number of carbonyl (C=O) groups excluding carboxylic acids is 2. The molecule has 6 rings (SSSR count). The second-order valence-electron chi connectivity index (χ2n) is 10.5. The zero-order valence-corrected chi connectivity index (χ0v) is 23.1. The Kier molecular flexibility index (Phi) is 7.52. The quantitative estimate of drug-likeness (QED) is 0.196. The third-order valence-electron chi connectivity index (χ3n) is 7.65. The van der Waals surface area contributed by atoms with Gasteiger partial charge in [0.15, 0.2) is 5.78 Å². The van der Waals surface area contributed by atoms with Crippen molar-refractivity contribution in [2.45, 2.75) is 6.54 Å². The summed E-state index contributed by atoms with van der Waals surface area (Å²) in [5, 5.41) is 9.56. The molecule has 0 aliphatic carbocycles. The number of carbonyl (C=O) groups is 2. The molecule has 3 N–H and O–H groups in total. The number of rotatable bonds is 8. The molecule has 0 unspecified atom stereocenters. The number of piperazine rings is 1. The summed E-state index contributed by atoms with van der Waals surface area (Å²) < 4.78 is 0. The molecule has 0 saturated carbocycles. The molecule has 1 fully saturated rings. The molecule has 2 aliphatic heterocycles. The molecule has 2 aliphatic rings. The second kappa shape index (κ2) is 11.7. The van der Waals surface area contributed by atoms with Crippen molar-refractivity contribution < 1.29 is 9.59 Å². The lowest BCUT2D eigenvalue weighted by molar-refractivity contribution is -0.110. The van der Waals surface area contributed by atoms with E-state index in [2.05, 4.69) is 57.1 Å². The number of nitrogens with zero attached hydrogens (tertiary/aromatic N) is 2. The van der Waals surface area contributed by atoms with Gasteiger partial charge in [-0.05, 0) is 55.1 Å². The van der Waals surface area contributed by atoms with Gasteiger partial charge in [0.1, 0.15) is 0 Å². The first-order valence-corrected chi connectivity index (χ1v) is 13.9. The summed E-state index contributed by atoms with van der Waals surface area (Å²) in [6.45, 7) is 4.84. The Hall–Kier alpha value is -4.88.